The van der Waals surface area contributed by atoms with Gasteiger partial charge in [-0.1, -0.05) is 66.7 Å². The van der Waals surface area contributed by atoms with Gasteiger partial charge in [0, 0.05) is 34.6 Å². The first kappa shape index (κ1) is 20.7. The van der Waals surface area contributed by atoms with Crippen molar-refractivity contribution in [3.63, 3.8) is 0 Å². The first-order chi connectivity index (χ1) is 16.6. The van der Waals surface area contributed by atoms with E-state index in [9.17, 15) is 9.59 Å². The van der Waals surface area contributed by atoms with Crippen molar-refractivity contribution >= 4 is 22.7 Å². The van der Waals surface area contributed by atoms with Crippen molar-refractivity contribution < 1.29 is 9.59 Å². The molecule has 5 nitrogen and oxygen atoms in total. The molecule has 2 amide bonds. The number of aromatic amines is 1. The SMILES string of the molecule is C[C@@H](CCc1ccccc1)NC(=O)[C@@H]1Cc2c([nH]c3ccccc23)[C@@H]2c3ccccc3C(=O)N21. The number of rotatable bonds is 5. The molecule has 170 valence electrons. The van der Waals surface area contributed by atoms with Crippen molar-refractivity contribution in [2.24, 2.45) is 0 Å². The summed E-state index contributed by atoms with van der Waals surface area (Å²) in [6, 6.07) is 25.4. The predicted molar refractivity (Wildman–Crippen MR) is 133 cm³/mol. The van der Waals surface area contributed by atoms with Gasteiger partial charge in [-0.3, -0.25) is 9.59 Å². The van der Waals surface area contributed by atoms with E-state index < -0.39 is 6.04 Å². The summed E-state index contributed by atoms with van der Waals surface area (Å²) in [5.41, 5.74) is 6.12. The Hall–Kier alpha value is -3.86. The second kappa shape index (κ2) is 8.17. The van der Waals surface area contributed by atoms with Crippen LogP contribution in [-0.4, -0.2) is 33.8 Å². The van der Waals surface area contributed by atoms with Crippen LogP contribution in [0, 0.1) is 0 Å². The van der Waals surface area contributed by atoms with Gasteiger partial charge in [-0.2, -0.15) is 0 Å². The minimum atomic E-state index is -0.546. The summed E-state index contributed by atoms with van der Waals surface area (Å²) in [5.74, 6) is -0.148. The summed E-state index contributed by atoms with van der Waals surface area (Å²) in [7, 11) is 0. The minimum absolute atomic E-state index is 0.00982. The number of nitrogens with zero attached hydrogens (tertiary/aromatic N) is 1. The quantitative estimate of drug-likeness (QED) is 0.461. The molecule has 5 heteroatoms. The van der Waals surface area contributed by atoms with Gasteiger partial charge in [0.1, 0.15) is 6.04 Å². The van der Waals surface area contributed by atoms with Gasteiger partial charge in [-0.15, -0.1) is 0 Å². The van der Waals surface area contributed by atoms with Gasteiger partial charge in [-0.25, -0.2) is 0 Å². The Morgan fingerprint density at radius 3 is 2.62 bits per heavy atom. The monoisotopic (exact) mass is 449 g/mol. The fraction of sp³-hybridized carbons (Fsp3) is 0.241. The zero-order chi connectivity index (χ0) is 23.2. The van der Waals surface area contributed by atoms with Gasteiger partial charge in [0.15, 0.2) is 0 Å². The number of amides is 2. The Morgan fingerprint density at radius 1 is 1.03 bits per heavy atom. The normalized spacial score (nSPS) is 19.4. The second-order valence-electron chi connectivity index (χ2n) is 9.42. The molecule has 6 rings (SSSR count). The Labute approximate surface area is 198 Å². The lowest BCUT2D eigenvalue weighted by Crippen LogP contribution is -2.53. The highest BCUT2D eigenvalue weighted by Crippen LogP contribution is 2.46. The summed E-state index contributed by atoms with van der Waals surface area (Å²) >= 11 is 0. The van der Waals surface area contributed by atoms with Gasteiger partial charge in [0.05, 0.1) is 6.04 Å². The highest BCUT2D eigenvalue weighted by atomic mass is 16.2. The first-order valence-corrected chi connectivity index (χ1v) is 12.0. The van der Waals surface area contributed by atoms with Crippen molar-refractivity contribution in [3.8, 4) is 0 Å². The molecule has 0 bridgehead atoms. The Kier molecular flexibility index (Phi) is 4.98. The molecular formula is C29H27N3O2. The van der Waals surface area contributed by atoms with E-state index in [1.807, 2.05) is 61.5 Å². The van der Waals surface area contributed by atoms with E-state index in [1.54, 1.807) is 4.90 Å². The van der Waals surface area contributed by atoms with Crippen LogP contribution >= 0.6 is 0 Å². The summed E-state index contributed by atoms with van der Waals surface area (Å²) in [4.78, 5) is 32.5. The molecule has 2 aliphatic rings. The number of carbonyl (C=O) groups is 2. The highest BCUT2D eigenvalue weighted by Gasteiger charge is 2.48. The molecule has 3 atom stereocenters. The standard InChI is InChI=1S/C29H27N3O2/c1-18(15-16-19-9-3-2-4-10-19)30-28(33)25-17-23-20-11-7-8-14-24(20)31-26(23)27-21-12-5-6-13-22(21)29(34)32(25)27/h2-14,18,25,27,31H,15-17H2,1H3,(H,30,33)/t18-,25-,27-/m0/s1. The van der Waals surface area contributed by atoms with E-state index in [-0.39, 0.29) is 23.9 Å². The number of hydrogen-bond donors (Lipinski definition) is 2. The lowest BCUT2D eigenvalue weighted by molar-refractivity contribution is -0.127. The van der Waals surface area contributed by atoms with Crippen LogP contribution in [0.15, 0.2) is 78.9 Å². The largest absolute Gasteiger partial charge is 0.356 e. The summed E-state index contributed by atoms with van der Waals surface area (Å²) in [6.45, 7) is 2.04. The van der Waals surface area contributed by atoms with Gasteiger partial charge in [0.2, 0.25) is 5.91 Å². The maximum Gasteiger partial charge on any atom is 0.255 e. The number of aryl methyl sites for hydroxylation is 1. The molecule has 0 fully saturated rings. The first-order valence-electron chi connectivity index (χ1n) is 12.0. The average Bonchev–Trinajstić information content (AvgIpc) is 3.38. The molecular weight excluding hydrogens is 422 g/mol. The molecule has 0 unspecified atom stereocenters. The van der Waals surface area contributed by atoms with E-state index in [0.717, 1.165) is 40.6 Å². The second-order valence-corrected chi connectivity index (χ2v) is 9.42. The molecule has 0 spiro atoms. The number of fused-ring (bicyclic) bond motifs is 7. The summed E-state index contributed by atoms with van der Waals surface area (Å²) < 4.78 is 0. The Morgan fingerprint density at radius 2 is 1.76 bits per heavy atom. The number of H-pyrrole nitrogens is 1. The summed E-state index contributed by atoms with van der Waals surface area (Å²) in [6.07, 6.45) is 2.25. The fourth-order valence-corrected chi connectivity index (χ4v) is 5.58. The third-order valence-electron chi connectivity index (χ3n) is 7.25. The number of carbonyl (C=O) groups excluding carboxylic acids is 2. The van der Waals surface area contributed by atoms with Crippen molar-refractivity contribution in [2.45, 2.75) is 44.3 Å². The van der Waals surface area contributed by atoms with Gasteiger partial charge >= 0.3 is 0 Å². The van der Waals surface area contributed by atoms with Crippen LogP contribution in [0.25, 0.3) is 10.9 Å². The van der Waals surface area contributed by atoms with E-state index in [4.69, 9.17) is 0 Å². The lowest BCUT2D eigenvalue weighted by Gasteiger charge is -2.37. The molecule has 0 radical (unpaired) electrons. The van der Waals surface area contributed by atoms with E-state index >= 15 is 0 Å². The van der Waals surface area contributed by atoms with Crippen molar-refractivity contribution in [2.75, 3.05) is 0 Å². The number of para-hydroxylation sites is 1. The molecule has 3 heterocycles. The van der Waals surface area contributed by atoms with Crippen LogP contribution in [0.3, 0.4) is 0 Å². The molecule has 3 aromatic carbocycles. The zero-order valence-electron chi connectivity index (χ0n) is 19.1. The number of nitrogens with one attached hydrogen (secondary N) is 2. The zero-order valence-corrected chi connectivity index (χ0v) is 19.1. The van der Waals surface area contributed by atoms with E-state index in [2.05, 4.69) is 34.6 Å². The topological polar surface area (TPSA) is 65.2 Å². The Balaban J connectivity index is 1.32. The molecule has 2 aliphatic heterocycles. The molecule has 1 aromatic heterocycles. The van der Waals surface area contributed by atoms with Crippen LogP contribution in [0.1, 0.15) is 52.1 Å². The van der Waals surface area contributed by atoms with Crippen LogP contribution < -0.4 is 5.32 Å². The maximum atomic E-state index is 13.6. The lowest BCUT2D eigenvalue weighted by atomic mass is 9.89. The third-order valence-corrected chi connectivity index (χ3v) is 7.25. The molecule has 0 aliphatic carbocycles. The van der Waals surface area contributed by atoms with E-state index in [0.29, 0.717) is 12.0 Å². The third kappa shape index (κ3) is 3.31. The highest BCUT2D eigenvalue weighted by molar-refractivity contribution is 6.03. The fourth-order valence-electron chi connectivity index (χ4n) is 5.58. The summed E-state index contributed by atoms with van der Waals surface area (Å²) in [5, 5.41) is 4.34. The predicted octanol–water partition coefficient (Wildman–Crippen LogP) is 4.78. The average molecular weight is 450 g/mol. The van der Waals surface area contributed by atoms with Crippen molar-refractivity contribution in [1.82, 2.24) is 15.2 Å². The molecule has 2 N–H and O–H groups in total. The molecule has 34 heavy (non-hydrogen) atoms. The van der Waals surface area contributed by atoms with E-state index in [1.165, 1.54) is 5.56 Å². The van der Waals surface area contributed by atoms with Gasteiger partial charge in [0.25, 0.3) is 5.91 Å². The van der Waals surface area contributed by atoms with Gasteiger partial charge in [-0.05, 0) is 48.6 Å². The van der Waals surface area contributed by atoms with Gasteiger partial charge < -0.3 is 15.2 Å². The van der Waals surface area contributed by atoms with Crippen LogP contribution in [-0.2, 0) is 17.6 Å². The minimum Gasteiger partial charge on any atom is -0.356 e. The van der Waals surface area contributed by atoms with Crippen LogP contribution in [0.5, 0.6) is 0 Å². The number of benzene rings is 3. The van der Waals surface area contributed by atoms with Crippen molar-refractivity contribution in [1.29, 1.82) is 0 Å². The molecule has 0 saturated heterocycles. The molecule has 4 aromatic rings. The number of hydrogen-bond acceptors (Lipinski definition) is 2. The maximum absolute atomic E-state index is 13.6. The number of aromatic nitrogens is 1. The Bertz CT molecular complexity index is 1390. The smallest absolute Gasteiger partial charge is 0.255 e. The van der Waals surface area contributed by atoms with Crippen LogP contribution in [0.4, 0.5) is 0 Å². The van der Waals surface area contributed by atoms with Crippen molar-refractivity contribution in [3.05, 3.63) is 107 Å². The molecule has 0 saturated carbocycles. The van der Waals surface area contributed by atoms with Crippen LogP contribution in [0.2, 0.25) is 0 Å².